The van der Waals surface area contributed by atoms with Gasteiger partial charge in [0.15, 0.2) is 5.84 Å². The van der Waals surface area contributed by atoms with Gasteiger partial charge in [-0.1, -0.05) is 140 Å². The number of pyridine rings is 1. The van der Waals surface area contributed by atoms with Crippen LogP contribution in [0.2, 0.25) is 0 Å². The quantitative estimate of drug-likeness (QED) is 0.230. The summed E-state index contributed by atoms with van der Waals surface area (Å²) in [5, 5.41) is 3.59. The molecular weight excluding hydrogens is 512 g/mol. The second-order valence-electron chi connectivity index (χ2n) is 10.2. The largest absolute Gasteiger partial charge is 0.344 e. The highest BCUT2D eigenvalue weighted by molar-refractivity contribution is 6.13. The summed E-state index contributed by atoms with van der Waals surface area (Å²) in [7, 11) is 0. The molecule has 6 aromatic rings. The molecule has 200 valence electrons. The van der Waals surface area contributed by atoms with E-state index in [9.17, 15) is 0 Å². The van der Waals surface area contributed by atoms with Crippen molar-refractivity contribution < 1.29 is 0 Å². The first kappa shape index (κ1) is 25.4. The molecule has 1 atom stereocenters. The van der Waals surface area contributed by atoms with Crippen LogP contribution in [0.3, 0.4) is 0 Å². The van der Waals surface area contributed by atoms with E-state index in [0.717, 1.165) is 56.2 Å². The van der Waals surface area contributed by atoms with Crippen LogP contribution in [0.1, 0.15) is 22.9 Å². The van der Waals surface area contributed by atoms with Gasteiger partial charge in [-0.05, 0) is 34.9 Å². The molecule has 1 aromatic heterocycles. The minimum Gasteiger partial charge on any atom is -0.344 e. The highest BCUT2D eigenvalue weighted by atomic mass is 15.2. The van der Waals surface area contributed by atoms with E-state index >= 15 is 0 Å². The van der Waals surface area contributed by atoms with E-state index in [1.807, 2.05) is 48.5 Å². The van der Waals surface area contributed by atoms with Crippen LogP contribution in [-0.2, 0) is 0 Å². The van der Waals surface area contributed by atoms with Gasteiger partial charge in [0.05, 0.1) is 11.4 Å². The number of rotatable bonds is 6. The second-order valence-corrected chi connectivity index (χ2v) is 10.2. The van der Waals surface area contributed by atoms with Gasteiger partial charge in [0, 0.05) is 22.3 Å². The third kappa shape index (κ3) is 5.38. The van der Waals surface area contributed by atoms with Gasteiger partial charge in [0.1, 0.15) is 12.0 Å². The Morgan fingerprint density at radius 2 is 0.929 bits per heavy atom. The molecule has 0 saturated heterocycles. The molecule has 0 bridgehead atoms. The van der Waals surface area contributed by atoms with Crippen LogP contribution in [-0.4, -0.2) is 16.7 Å². The van der Waals surface area contributed by atoms with E-state index in [1.165, 1.54) is 0 Å². The van der Waals surface area contributed by atoms with E-state index in [2.05, 4.69) is 115 Å². The number of hydrogen-bond donors (Lipinski definition) is 1. The molecular formula is C38H28N4. The van der Waals surface area contributed by atoms with Crippen molar-refractivity contribution in [3.63, 3.8) is 0 Å². The summed E-state index contributed by atoms with van der Waals surface area (Å²) in [5.41, 5.74) is 9.33. The van der Waals surface area contributed by atoms with Gasteiger partial charge in [-0.15, -0.1) is 0 Å². The summed E-state index contributed by atoms with van der Waals surface area (Å²) in [6.45, 7) is 0. The van der Waals surface area contributed by atoms with E-state index in [1.54, 1.807) is 0 Å². The van der Waals surface area contributed by atoms with Gasteiger partial charge in [0.25, 0.3) is 0 Å². The van der Waals surface area contributed by atoms with Gasteiger partial charge in [-0.3, -0.25) is 0 Å². The molecule has 4 nitrogen and oxygen atoms in total. The minimum atomic E-state index is -0.295. The number of nitrogens with one attached hydrogen (secondary N) is 1. The Hall–Kier alpha value is -5.61. The molecule has 1 unspecified atom stereocenters. The first-order valence-corrected chi connectivity index (χ1v) is 14.1. The van der Waals surface area contributed by atoms with Crippen molar-refractivity contribution in [3.05, 3.63) is 174 Å². The summed E-state index contributed by atoms with van der Waals surface area (Å²) in [4.78, 5) is 15.0. The molecule has 0 aliphatic carbocycles. The summed E-state index contributed by atoms with van der Waals surface area (Å²) < 4.78 is 0. The van der Waals surface area contributed by atoms with Crippen LogP contribution >= 0.6 is 0 Å². The second kappa shape index (κ2) is 11.5. The maximum atomic E-state index is 5.07. The lowest BCUT2D eigenvalue weighted by molar-refractivity contribution is 0.674. The topological polar surface area (TPSA) is 49.6 Å². The zero-order valence-electron chi connectivity index (χ0n) is 22.9. The van der Waals surface area contributed by atoms with Gasteiger partial charge < -0.3 is 5.32 Å². The van der Waals surface area contributed by atoms with Crippen LogP contribution in [0.25, 0.3) is 33.6 Å². The molecule has 7 rings (SSSR count). The zero-order chi connectivity index (χ0) is 28.1. The molecule has 1 aliphatic heterocycles. The number of benzene rings is 5. The van der Waals surface area contributed by atoms with Crippen molar-refractivity contribution in [2.24, 2.45) is 9.98 Å². The van der Waals surface area contributed by atoms with Crippen molar-refractivity contribution in [2.45, 2.75) is 6.17 Å². The van der Waals surface area contributed by atoms with Crippen molar-refractivity contribution in [3.8, 4) is 33.6 Å². The van der Waals surface area contributed by atoms with E-state index in [0.29, 0.717) is 5.84 Å². The molecule has 0 amide bonds. The van der Waals surface area contributed by atoms with E-state index < -0.39 is 0 Å². The third-order valence-corrected chi connectivity index (χ3v) is 7.32. The minimum absolute atomic E-state index is 0.295. The Kier molecular flexibility index (Phi) is 6.93. The number of aromatic nitrogens is 1. The normalized spacial score (nSPS) is 14.4. The maximum absolute atomic E-state index is 5.07. The number of hydrogen-bond acceptors (Lipinski definition) is 4. The standard InChI is InChI=1S/C38H28N4/c1-5-14-27(15-6-1)34-25-33(26-35(39-34)28-16-7-2-8-17-28)31-22-13-23-32(24-31)38-41-36(29-18-9-3-10-19-29)40-37(42-38)30-20-11-4-12-21-30/h1-26,38H,(H,40,41,42). The van der Waals surface area contributed by atoms with Crippen molar-refractivity contribution in [1.82, 2.24) is 10.3 Å². The first-order valence-electron chi connectivity index (χ1n) is 14.1. The Balaban J connectivity index is 1.31. The average Bonchev–Trinajstić information content (AvgIpc) is 3.09. The van der Waals surface area contributed by atoms with Crippen LogP contribution < -0.4 is 5.32 Å². The number of nitrogens with zero attached hydrogens (tertiary/aromatic N) is 3. The highest BCUT2D eigenvalue weighted by Crippen LogP contribution is 2.32. The van der Waals surface area contributed by atoms with Gasteiger partial charge in [-0.2, -0.15) is 0 Å². The zero-order valence-corrected chi connectivity index (χ0v) is 22.9. The molecule has 0 saturated carbocycles. The molecule has 1 aliphatic rings. The molecule has 0 fully saturated rings. The third-order valence-electron chi connectivity index (χ3n) is 7.32. The molecule has 2 heterocycles. The predicted octanol–water partition coefficient (Wildman–Crippen LogP) is 8.58. The molecule has 4 heteroatoms. The number of amidine groups is 2. The highest BCUT2D eigenvalue weighted by Gasteiger charge is 2.21. The predicted molar refractivity (Wildman–Crippen MR) is 172 cm³/mol. The summed E-state index contributed by atoms with van der Waals surface area (Å²) in [6, 6.07) is 54.0. The van der Waals surface area contributed by atoms with Crippen LogP contribution in [0.5, 0.6) is 0 Å². The smallest absolute Gasteiger partial charge is 0.159 e. The lowest BCUT2D eigenvalue weighted by Gasteiger charge is -2.24. The van der Waals surface area contributed by atoms with Crippen LogP contribution in [0.15, 0.2) is 168 Å². The SMILES string of the molecule is c1ccc(C2=NC(c3cccc(-c4cc(-c5ccccc5)nc(-c5ccccc5)c4)c3)NC(c3ccccc3)=N2)cc1. The lowest BCUT2D eigenvalue weighted by Crippen LogP contribution is -2.33. The first-order chi connectivity index (χ1) is 20.8. The van der Waals surface area contributed by atoms with Crippen molar-refractivity contribution in [2.75, 3.05) is 0 Å². The molecule has 0 radical (unpaired) electrons. The molecule has 42 heavy (non-hydrogen) atoms. The summed E-state index contributed by atoms with van der Waals surface area (Å²) >= 11 is 0. The maximum Gasteiger partial charge on any atom is 0.159 e. The Morgan fingerprint density at radius 3 is 1.50 bits per heavy atom. The fourth-order valence-electron chi connectivity index (χ4n) is 5.18. The van der Waals surface area contributed by atoms with Crippen LogP contribution in [0, 0.1) is 0 Å². The lowest BCUT2D eigenvalue weighted by atomic mass is 9.98. The van der Waals surface area contributed by atoms with Gasteiger partial charge >= 0.3 is 0 Å². The van der Waals surface area contributed by atoms with E-state index in [-0.39, 0.29) is 6.17 Å². The Morgan fingerprint density at radius 1 is 0.429 bits per heavy atom. The Labute approximate surface area is 245 Å². The monoisotopic (exact) mass is 540 g/mol. The van der Waals surface area contributed by atoms with Gasteiger partial charge in [-0.25, -0.2) is 15.0 Å². The fraction of sp³-hybridized carbons (Fsp3) is 0.0263. The van der Waals surface area contributed by atoms with Crippen molar-refractivity contribution in [1.29, 1.82) is 0 Å². The Bertz CT molecular complexity index is 1820. The number of aliphatic imine (C=N–C) groups is 2. The fourth-order valence-corrected chi connectivity index (χ4v) is 5.18. The molecule has 5 aromatic carbocycles. The van der Waals surface area contributed by atoms with Crippen LogP contribution in [0.4, 0.5) is 0 Å². The molecule has 0 spiro atoms. The summed E-state index contributed by atoms with van der Waals surface area (Å²) in [5.74, 6) is 1.52. The average molecular weight is 541 g/mol. The van der Waals surface area contributed by atoms with E-state index in [4.69, 9.17) is 15.0 Å². The summed E-state index contributed by atoms with van der Waals surface area (Å²) in [6.07, 6.45) is -0.295. The van der Waals surface area contributed by atoms with Gasteiger partial charge in [0.2, 0.25) is 0 Å². The molecule has 1 N–H and O–H groups in total. The van der Waals surface area contributed by atoms with Crippen molar-refractivity contribution >= 4 is 11.7 Å².